The van der Waals surface area contributed by atoms with Crippen LogP contribution in [0.25, 0.3) is 0 Å². The normalized spacial score (nSPS) is 25.3. The van der Waals surface area contributed by atoms with Gasteiger partial charge in [0.1, 0.15) is 23.8 Å². The van der Waals surface area contributed by atoms with Gasteiger partial charge < -0.3 is 14.4 Å². The van der Waals surface area contributed by atoms with Crippen LogP contribution in [0.15, 0.2) is 24.3 Å². The van der Waals surface area contributed by atoms with Crippen molar-refractivity contribution in [2.45, 2.75) is 37.8 Å². The number of carbonyl (C=O) groups excluding carboxylic acids is 1. The van der Waals surface area contributed by atoms with Crippen molar-refractivity contribution in [2.24, 2.45) is 0 Å². The van der Waals surface area contributed by atoms with E-state index in [-0.39, 0.29) is 17.3 Å². The topological polar surface area (TPSA) is 42.0 Å². The fourth-order valence-corrected chi connectivity index (χ4v) is 3.82. The maximum absolute atomic E-state index is 13.0. The summed E-state index contributed by atoms with van der Waals surface area (Å²) in [6.45, 7) is 5.57. The quantitative estimate of drug-likeness (QED) is 0.817. The number of rotatable bonds is 5. The van der Waals surface area contributed by atoms with E-state index in [1.54, 1.807) is 26.2 Å². The zero-order valence-corrected chi connectivity index (χ0v) is 15.0. The van der Waals surface area contributed by atoms with Crippen LogP contribution in [0.4, 0.5) is 4.39 Å². The molecule has 0 radical (unpaired) electrons. The van der Waals surface area contributed by atoms with Crippen molar-refractivity contribution in [1.82, 2.24) is 9.80 Å². The van der Waals surface area contributed by atoms with E-state index in [0.29, 0.717) is 18.4 Å². The molecule has 138 valence electrons. The van der Waals surface area contributed by atoms with E-state index in [4.69, 9.17) is 9.47 Å². The number of amides is 1. The monoisotopic (exact) mass is 350 g/mol. The molecular formula is C19H27FN2O3. The molecule has 0 spiro atoms. The first kappa shape index (κ1) is 18.1. The zero-order chi connectivity index (χ0) is 17.9. The molecule has 1 aromatic carbocycles. The summed E-state index contributed by atoms with van der Waals surface area (Å²) in [7, 11) is 1.73. The summed E-state index contributed by atoms with van der Waals surface area (Å²) in [5.74, 6) is 0.558. The molecule has 25 heavy (non-hydrogen) atoms. The molecule has 2 saturated heterocycles. The Labute approximate surface area is 148 Å². The molecule has 1 atom stereocenters. The van der Waals surface area contributed by atoms with E-state index >= 15 is 0 Å². The summed E-state index contributed by atoms with van der Waals surface area (Å²) in [6, 6.07) is 6.58. The highest BCUT2D eigenvalue weighted by Crippen LogP contribution is 2.30. The Bertz CT molecular complexity index is 587. The molecule has 0 N–H and O–H groups in total. The van der Waals surface area contributed by atoms with Crippen molar-refractivity contribution in [1.29, 1.82) is 0 Å². The van der Waals surface area contributed by atoms with Gasteiger partial charge in [-0.25, -0.2) is 4.39 Å². The second-order valence-corrected chi connectivity index (χ2v) is 7.09. The first-order valence-electron chi connectivity index (χ1n) is 8.94. The minimum absolute atomic E-state index is 0.166. The number of nitrogens with zero attached hydrogens (tertiary/aromatic N) is 2. The predicted molar refractivity (Wildman–Crippen MR) is 93.1 cm³/mol. The molecule has 2 heterocycles. The minimum atomic E-state index is -0.327. The van der Waals surface area contributed by atoms with Crippen LogP contribution in [-0.4, -0.2) is 67.2 Å². The average molecular weight is 350 g/mol. The number of methoxy groups -OCH3 is 1. The zero-order valence-electron chi connectivity index (χ0n) is 15.0. The number of benzene rings is 1. The summed E-state index contributed by atoms with van der Waals surface area (Å²) in [5, 5.41) is 0. The van der Waals surface area contributed by atoms with Crippen molar-refractivity contribution in [3.8, 4) is 5.75 Å². The molecular weight excluding hydrogens is 323 g/mol. The lowest BCUT2D eigenvalue weighted by atomic mass is 10.0. The first-order chi connectivity index (χ1) is 12.0. The van der Waals surface area contributed by atoms with Crippen LogP contribution in [0.2, 0.25) is 0 Å². The van der Waals surface area contributed by atoms with E-state index in [1.807, 2.05) is 4.90 Å². The van der Waals surface area contributed by atoms with Gasteiger partial charge in [-0.2, -0.15) is 0 Å². The van der Waals surface area contributed by atoms with Gasteiger partial charge in [-0.15, -0.1) is 0 Å². The number of piperidine rings is 1. The lowest BCUT2D eigenvalue weighted by Crippen LogP contribution is -2.48. The molecule has 0 aromatic heterocycles. The van der Waals surface area contributed by atoms with Gasteiger partial charge in [0.15, 0.2) is 0 Å². The van der Waals surface area contributed by atoms with E-state index in [1.165, 1.54) is 12.1 Å². The number of carbonyl (C=O) groups is 1. The first-order valence-corrected chi connectivity index (χ1v) is 8.94. The molecule has 2 fully saturated rings. The number of likely N-dealkylation sites (tertiary alicyclic amines) is 2. The fourth-order valence-electron chi connectivity index (χ4n) is 3.82. The smallest absolute Gasteiger partial charge is 0.219 e. The molecule has 6 heteroatoms. The van der Waals surface area contributed by atoms with Gasteiger partial charge in [-0.05, 0) is 43.5 Å². The van der Waals surface area contributed by atoms with Gasteiger partial charge in [0.25, 0.3) is 0 Å². The highest BCUT2D eigenvalue weighted by Gasteiger charge is 2.42. The largest absolute Gasteiger partial charge is 0.491 e. The summed E-state index contributed by atoms with van der Waals surface area (Å²) < 4.78 is 24.7. The molecule has 0 saturated carbocycles. The number of hydrogen-bond acceptors (Lipinski definition) is 4. The third-order valence-corrected chi connectivity index (χ3v) is 5.52. The molecule has 3 rings (SSSR count). The number of halogens is 1. The summed E-state index contributed by atoms with van der Waals surface area (Å²) in [6.07, 6.45) is 2.94. The lowest BCUT2D eigenvalue weighted by molar-refractivity contribution is -0.130. The Balaban J connectivity index is 1.53. The van der Waals surface area contributed by atoms with Crippen molar-refractivity contribution >= 4 is 5.91 Å². The van der Waals surface area contributed by atoms with E-state index in [0.717, 1.165) is 45.4 Å². The van der Waals surface area contributed by atoms with Crippen LogP contribution in [0, 0.1) is 5.82 Å². The Kier molecular flexibility index (Phi) is 5.59. The van der Waals surface area contributed by atoms with Crippen LogP contribution in [0.1, 0.15) is 26.2 Å². The molecule has 1 amide bonds. The molecule has 0 aliphatic carbocycles. The van der Waals surface area contributed by atoms with Crippen LogP contribution < -0.4 is 4.74 Å². The van der Waals surface area contributed by atoms with Crippen LogP contribution in [0.3, 0.4) is 0 Å². The fraction of sp³-hybridized carbons (Fsp3) is 0.632. The van der Waals surface area contributed by atoms with Gasteiger partial charge in [0.05, 0.1) is 0 Å². The Morgan fingerprint density at radius 3 is 2.52 bits per heavy atom. The Morgan fingerprint density at radius 1 is 1.24 bits per heavy atom. The molecule has 1 unspecified atom stereocenters. The van der Waals surface area contributed by atoms with Gasteiger partial charge >= 0.3 is 0 Å². The third kappa shape index (κ3) is 4.30. The Hall–Kier alpha value is -1.66. The number of hydrogen-bond donors (Lipinski definition) is 0. The molecule has 2 aliphatic rings. The minimum Gasteiger partial charge on any atom is -0.491 e. The maximum Gasteiger partial charge on any atom is 0.219 e. The van der Waals surface area contributed by atoms with Crippen molar-refractivity contribution in [3.05, 3.63) is 30.1 Å². The second kappa shape index (κ2) is 7.70. The second-order valence-electron chi connectivity index (χ2n) is 7.09. The summed E-state index contributed by atoms with van der Waals surface area (Å²) in [4.78, 5) is 15.9. The van der Waals surface area contributed by atoms with Gasteiger partial charge in [0.2, 0.25) is 5.91 Å². The summed E-state index contributed by atoms with van der Waals surface area (Å²) >= 11 is 0. The highest BCUT2D eigenvalue weighted by atomic mass is 19.1. The van der Waals surface area contributed by atoms with Crippen LogP contribution >= 0.6 is 0 Å². The van der Waals surface area contributed by atoms with E-state index in [9.17, 15) is 9.18 Å². The number of ether oxygens (including phenoxy) is 2. The highest BCUT2D eigenvalue weighted by molar-refractivity contribution is 5.73. The van der Waals surface area contributed by atoms with Crippen molar-refractivity contribution in [3.63, 3.8) is 0 Å². The lowest BCUT2D eigenvalue weighted by Gasteiger charge is -2.37. The van der Waals surface area contributed by atoms with Crippen LogP contribution in [0.5, 0.6) is 5.75 Å². The van der Waals surface area contributed by atoms with Gasteiger partial charge in [-0.1, -0.05) is 0 Å². The third-order valence-electron chi connectivity index (χ3n) is 5.52. The molecule has 0 bridgehead atoms. The average Bonchev–Trinajstić information content (AvgIpc) is 3.06. The van der Waals surface area contributed by atoms with Crippen molar-refractivity contribution in [2.75, 3.05) is 39.9 Å². The van der Waals surface area contributed by atoms with Gasteiger partial charge in [0, 0.05) is 46.3 Å². The summed E-state index contributed by atoms with van der Waals surface area (Å²) in [5.41, 5.74) is -0.327. The van der Waals surface area contributed by atoms with Crippen molar-refractivity contribution < 1.29 is 18.7 Å². The predicted octanol–water partition coefficient (Wildman–Crippen LogP) is 2.31. The Morgan fingerprint density at radius 2 is 1.92 bits per heavy atom. The maximum atomic E-state index is 13.0. The van der Waals surface area contributed by atoms with E-state index in [2.05, 4.69) is 4.90 Å². The van der Waals surface area contributed by atoms with E-state index < -0.39 is 0 Å². The molecule has 2 aliphatic heterocycles. The standard InChI is InChI=1S/C19H27FN2O3/c1-15(23)21-10-7-17(8-11-21)22-12-9-19(13-22,24-2)14-25-18-5-3-16(20)4-6-18/h3-6,17H,7-14H2,1-2H3. The SMILES string of the molecule is COC1(COc2ccc(F)cc2)CCN(C2CCN(C(C)=O)CC2)C1. The van der Waals surface area contributed by atoms with Gasteiger partial charge in [-0.3, -0.25) is 9.69 Å². The molecule has 5 nitrogen and oxygen atoms in total. The molecule has 1 aromatic rings. The van der Waals surface area contributed by atoms with Crippen LogP contribution in [-0.2, 0) is 9.53 Å².